The minimum atomic E-state index is -1.08. The molecule has 19 heavy (non-hydrogen) atoms. The van der Waals surface area contributed by atoms with E-state index in [1.54, 1.807) is 13.8 Å². The number of carboxylic acids is 1. The first-order valence-electron chi connectivity index (χ1n) is 5.45. The second-order valence-electron chi connectivity index (χ2n) is 4.32. The van der Waals surface area contributed by atoms with Gasteiger partial charge in [-0.2, -0.15) is 0 Å². The third-order valence-corrected chi connectivity index (χ3v) is 3.71. The predicted molar refractivity (Wildman–Crippen MR) is 77.2 cm³/mol. The van der Waals surface area contributed by atoms with Crippen LogP contribution in [0, 0.1) is 5.92 Å². The van der Waals surface area contributed by atoms with Crippen molar-refractivity contribution < 1.29 is 19.8 Å². The molecule has 0 bridgehead atoms. The lowest BCUT2D eigenvalue weighted by atomic mass is 10.0. The van der Waals surface area contributed by atoms with Crippen LogP contribution in [-0.4, -0.2) is 28.1 Å². The molecule has 0 aliphatic carbocycles. The van der Waals surface area contributed by atoms with Crippen molar-refractivity contribution in [3.63, 3.8) is 0 Å². The molecule has 1 aromatic rings. The van der Waals surface area contributed by atoms with Crippen molar-refractivity contribution in [1.82, 2.24) is 5.32 Å². The van der Waals surface area contributed by atoms with Crippen LogP contribution in [0.1, 0.15) is 24.2 Å². The fourth-order valence-corrected chi connectivity index (χ4v) is 2.62. The largest absolute Gasteiger partial charge is 0.506 e. The number of halogens is 2. The summed E-state index contributed by atoms with van der Waals surface area (Å²) in [5.41, 5.74) is 0.253. The van der Waals surface area contributed by atoms with Gasteiger partial charge in [-0.05, 0) is 49.9 Å². The summed E-state index contributed by atoms with van der Waals surface area (Å²) in [4.78, 5) is 23.0. The molecule has 5 nitrogen and oxygen atoms in total. The number of carbonyl (C=O) groups excluding carboxylic acids is 1. The third-order valence-electron chi connectivity index (χ3n) is 2.50. The second kappa shape index (κ2) is 6.38. The van der Waals surface area contributed by atoms with Gasteiger partial charge in [0, 0.05) is 5.56 Å². The maximum Gasteiger partial charge on any atom is 0.326 e. The highest BCUT2D eigenvalue weighted by atomic mass is 79.9. The number of benzene rings is 1. The number of hydrogen-bond acceptors (Lipinski definition) is 3. The number of nitrogens with one attached hydrogen (secondary N) is 1. The minimum Gasteiger partial charge on any atom is -0.506 e. The van der Waals surface area contributed by atoms with Crippen LogP contribution >= 0.6 is 31.9 Å². The molecule has 104 valence electrons. The van der Waals surface area contributed by atoms with Crippen LogP contribution in [0.15, 0.2) is 21.1 Å². The summed E-state index contributed by atoms with van der Waals surface area (Å²) in [7, 11) is 0. The number of aliphatic carboxylic acids is 1. The van der Waals surface area contributed by atoms with Gasteiger partial charge < -0.3 is 15.5 Å². The van der Waals surface area contributed by atoms with Gasteiger partial charge in [0.2, 0.25) is 0 Å². The Morgan fingerprint density at radius 2 is 1.68 bits per heavy atom. The molecule has 7 heteroatoms. The number of carbonyl (C=O) groups is 2. The first kappa shape index (κ1) is 16.0. The van der Waals surface area contributed by atoms with Crippen molar-refractivity contribution in [3.05, 3.63) is 26.6 Å². The van der Waals surface area contributed by atoms with Crippen molar-refractivity contribution in [1.29, 1.82) is 0 Å². The molecule has 1 rings (SSSR count). The van der Waals surface area contributed by atoms with Crippen LogP contribution < -0.4 is 5.32 Å². The summed E-state index contributed by atoms with van der Waals surface area (Å²) in [6.45, 7) is 3.42. The topological polar surface area (TPSA) is 86.6 Å². The Labute approximate surface area is 127 Å². The molecule has 0 spiro atoms. The molecule has 0 saturated heterocycles. The maximum atomic E-state index is 12.0. The number of phenolic OH excluding ortho intramolecular Hbond substituents is 1. The lowest BCUT2D eigenvalue weighted by Gasteiger charge is -2.18. The van der Waals surface area contributed by atoms with Crippen molar-refractivity contribution in [3.8, 4) is 5.75 Å². The van der Waals surface area contributed by atoms with Gasteiger partial charge in [-0.25, -0.2) is 4.79 Å². The summed E-state index contributed by atoms with van der Waals surface area (Å²) >= 11 is 6.23. The standard InChI is InChI=1S/C12H13Br2NO4/c1-5(2)9(12(18)19)15-11(17)6-3-7(13)10(16)8(14)4-6/h3-5,9,16H,1-2H3,(H,15,17)(H,18,19)/t9-/m1/s1. The molecule has 1 amide bonds. The van der Waals surface area contributed by atoms with Crippen molar-refractivity contribution in [2.45, 2.75) is 19.9 Å². The van der Waals surface area contributed by atoms with Gasteiger partial charge in [0.25, 0.3) is 5.91 Å². The van der Waals surface area contributed by atoms with E-state index in [4.69, 9.17) is 5.11 Å². The zero-order valence-corrected chi connectivity index (χ0v) is 13.4. The van der Waals surface area contributed by atoms with Gasteiger partial charge in [-0.15, -0.1) is 0 Å². The van der Waals surface area contributed by atoms with E-state index in [-0.39, 0.29) is 17.2 Å². The van der Waals surface area contributed by atoms with E-state index < -0.39 is 17.9 Å². The normalized spacial score (nSPS) is 12.3. The highest BCUT2D eigenvalue weighted by Crippen LogP contribution is 2.33. The highest BCUT2D eigenvalue weighted by molar-refractivity contribution is 9.11. The van der Waals surface area contributed by atoms with Crippen LogP contribution in [0.3, 0.4) is 0 Å². The number of carboxylic acid groups (broad SMARTS) is 1. The zero-order chi connectivity index (χ0) is 14.7. The van der Waals surface area contributed by atoms with Crippen LogP contribution in [0.25, 0.3) is 0 Å². The Kier molecular flexibility index (Phi) is 5.37. The van der Waals surface area contributed by atoms with Crippen LogP contribution in [0.2, 0.25) is 0 Å². The Hall–Kier alpha value is -1.08. The van der Waals surface area contributed by atoms with E-state index >= 15 is 0 Å². The van der Waals surface area contributed by atoms with Gasteiger partial charge >= 0.3 is 5.97 Å². The Morgan fingerprint density at radius 3 is 2.05 bits per heavy atom. The molecule has 0 aromatic heterocycles. The second-order valence-corrected chi connectivity index (χ2v) is 6.03. The fraction of sp³-hybridized carbons (Fsp3) is 0.333. The number of phenols is 1. The van der Waals surface area contributed by atoms with Crippen molar-refractivity contribution in [2.24, 2.45) is 5.92 Å². The van der Waals surface area contributed by atoms with Crippen LogP contribution in [0.4, 0.5) is 0 Å². The molecule has 0 aliphatic heterocycles. The Balaban J connectivity index is 2.98. The van der Waals surface area contributed by atoms with Crippen LogP contribution in [-0.2, 0) is 4.79 Å². The monoisotopic (exact) mass is 393 g/mol. The molecule has 1 aromatic carbocycles. The number of hydrogen-bond donors (Lipinski definition) is 3. The molecule has 0 radical (unpaired) electrons. The van der Waals surface area contributed by atoms with Gasteiger partial charge in [-0.3, -0.25) is 4.79 Å². The third kappa shape index (κ3) is 3.94. The molecule has 0 saturated carbocycles. The Bertz CT molecular complexity index is 493. The summed E-state index contributed by atoms with van der Waals surface area (Å²) in [5.74, 6) is -1.84. The lowest BCUT2D eigenvalue weighted by Crippen LogP contribution is -2.44. The van der Waals surface area contributed by atoms with Crippen LogP contribution in [0.5, 0.6) is 5.75 Å². The number of aromatic hydroxyl groups is 1. The first-order valence-corrected chi connectivity index (χ1v) is 7.04. The van der Waals surface area contributed by atoms with E-state index in [1.807, 2.05) is 0 Å². The smallest absolute Gasteiger partial charge is 0.326 e. The Morgan fingerprint density at radius 1 is 1.21 bits per heavy atom. The number of amides is 1. The summed E-state index contributed by atoms with van der Waals surface area (Å²) in [6.07, 6.45) is 0. The molecule has 0 heterocycles. The van der Waals surface area contributed by atoms with E-state index in [0.29, 0.717) is 8.95 Å². The SMILES string of the molecule is CC(C)[C@@H](NC(=O)c1cc(Br)c(O)c(Br)c1)C(=O)O. The molecular formula is C12H13Br2NO4. The summed E-state index contributed by atoms with van der Waals surface area (Å²) < 4.78 is 0.701. The van der Waals surface area contributed by atoms with E-state index in [2.05, 4.69) is 37.2 Å². The summed E-state index contributed by atoms with van der Waals surface area (Å²) in [5, 5.41) is 21.0. The van der Waals surface area contributed by atoms with Gasteiger partial charge in [-0.1, -0.05) is 13.8 Å². The van der Waals surface area contributed by atoms with Gasteiger partial charge in [0.05, 0.1) is 8.95 Å². The predicted octanol–water partition coefficient (Wildman–Crippen LogP) is 2.76. The van der Waals surface area contributed by atoms with Gasteiger partial charge in [0.1, 0.15) is 11.8 Å². The summed E-state index contributed by atoms with van der Waals surface area (Å²) in [6, 6.07) is 1.89. The van der Waals surface area contributed by atoms with E-state index in [9.17, 15) is 14.7 Å². The number of rotatable bonds is 4. The molecular weight excluding hydrogens is 382 g/mol. The highest BCUT2D eigenvalue weighted by Gasteiger charge is 2.24. The molecule has 0 unspecified atom stereocenters. The lowest BCUT2D eigenvalue weighted by molar-refractivity contribution is -0.140. The average molecular weight is 395 g/mol. The fourth-order valence-electron chi connectivity index (χ4n) is 1.43. The molecule has 1 atom stereocenters. The quantitative estimate of drug-likeness (QED) is 0.732. The van der Waals surface area contributed by atoms with E-state index in [0.717, 1.165) is 0 Å². The molecule has 3 N–H and O–H groups in total. The first-order chi connectivity index (χ1) is 8.73. The molecule has 0 aliphatic rings. The van der Waals surface area contributed by atoms with Crippen molar-refractivity contribution in [2.75, 3.05) is 0 Å². The maximum absolute atomic E-state index is 12.0. The van der Waals surface area contributed by atoms with Gasteiger partial charge in [0.15, 0.2) is 0 Å². The molecule has 0 fully saturated rings. The zero-order valence-electron chi connectivity index (χ0n) is 10.3. The van der Waals surface area contributed by atoms with Crippen molar-refractivity contribution >= 4 is 43.7 Å². The minimum absolute atomic E-state index is 0.0183. The van der Waals surface area contributed by atoms with E-state index in [1.165, 1.54) is 12.1 Å². The average Bonchev–Trinajstić information content (AvgIpc) is 2.31.